The van der Waals surface area contributed by atoms with Gasteiger partial charge in [0.15, 0.2) is 0 Å². The van der Waals surface area contributed by atoms with E-state index in [0.717, 1.165) is 23.0 Å². The lowest BCUT2D eigenvalue weighted by Gasteiger charge is -2.44. The Bertz CT molecular complexity index is 1380. The molecule has 1 aliphatic heterocycles. The van der Waals surface area contributed by atoms with Crippen molar-refractivity contribution in [2.75, 3.05) is 32.8 Å². The maximum Gasteiger partial charge on any atom is 0.509 e. The van der Waals surface area contributed by atoms with E-state index >= 15 is 0 Å². The van der Waals surface area contributed by atoms with E-state index in [9.17, 15) is 22.7 Å². The van der Waals surface area contributed by atoms with Crippen LogP contribution in [0, 0.1) is 5.82 Å². The molecule has 0 aromatic heterocycles. The highest BCUT2D eigenvalue weighted by molar-refractivity contribution is 7.89. The second kappa shape index (κ2) is 12.1. The molecular formula is C28H31FN2O7S. The number of ether oxygens (including phenoxy) is 3. The molecule has 0 saturated heterocycles. The fraction of sp³-hybridized carbons (Fsp3) is 0.321. The number of carbonyl (C=O) groups is 1. The zero-order valence-corrected chi connectivity index (χ0v) is 22.6. The van der Waals surface area contributed by atoms with Gasteiger partial charge in [-0.3, -0.25) is 0 Å². The van der Waals surface area contributed by atoms with Crippen molar-refractivity contribution in [1.82, 2.24) is 9.21 Å². The fourth-order valence-electron chi connectivity index (χ4n) is 4.53. The van der Waals surface area contributed by atoms with E-state index in [1.807, 2.05) is 13.8 Å². The minimum Gasteiger partial charge on any atom is -0.457 e. The summed E-state index contributed by atoms with van der Waals surface area (Å²) in [6.45, 7) is 5.89. The molecule has 39 heavy (non-hydrogen) atoms. The third-order valence-corrected chi connectivity index (χ3v) is 8.43. The highest BCUT2D eigenvalue weighted by Gasteiger charge is 2.54. The normalized spacial score (nSPS) is 17.5. The lowest BCUT2D eigenvalue weighted by molar-refractivity contribution is -0.284. The molecule has 0 bridgehead atoms. The molecule has 11 heteroatoms. The first kappa shape index (κ1) is 28.5. The van der Waals surface area contributed by atoms with E-state index in [1.165, 1.54) is 48.5 Å². The highest BCUT2D eigenvalue weighted by Crippen LogP contribution is 2.42. The van der Waals surface area contributed by atoms with Gasteiger partial charge in [-0.1, -0.05) is 38.1 Å². The van der Waals surface area contributed by atoms with Crippen molar-refractivity contribution in [3.8, 4) is 11.5 Å². The zero-order valence-electron chi connectivity index (χ0n) is 21.7. The first-order chi connectivity index (χ1) is 18.7. The average Bonchev–Trinajstić information content (AvgIpc) is 2.92. The number of hydrogen-bond donors (Lipinski definition) is 1. The van der Waals surface area contributed by atoms with Crippen molar-refractivity contribution in [3.05, 3.63) is 89.7 Å². The molecule has 3 aromatic rings. The Labute approximate surface area is 227 Å². The molecule has 1 aliphatic rings. The number of rotatable bonds is 11. The van der Waals surface area contributed by atoms with Crippen molar-refractivity contribution in [1.29, 1.82) is 0 Å². The molecule has 0 aliphatic carbocycles. The number of hydrogen-bond acceptors (Lipinski definition) is 7. The van der Waals surface area contributed by atoms with Crippen molar-refractivity contribution >= 4 is 16.2 Å². The fourth-order valence-corrected chi connectivity index (χ4v) is 6.10. The topological polar surface area (TPSA) is 106 Å². The van der Waals surface area contributed by atoms with Gasteiger partial charge in [0.2, 0.25) is 10.0 Å². The first-order valence-corrected chi connectivity index (χ1v) is 14.1. The number of halogens is 1. The molecule has 1 N–H and O–H groups in total. The monoisotopic (exact) mass is 558 g/mol. The minimum atomic E-state index is -4.31. The Balaban J connectivity index is 1.69. The summed E-state index contributed by atoms with van der Waals surface area (Å²) in [5.74, 6) is -1.89. The smallest absolute Gasteiger partial charge is 0.457 e. The van der Waals surface area contributed by atoms with E-state index in [-0.39, 0.29) is 18.0 Å². The maximum absolute atomic E-state index is 14.0. The van der Waals surface area contributed by atoms with Crippen LogP contribution in [0.5, 0.6) is 11.5 Å². The SMILES string of the molecule is CCN(CC)CCOC1(OC(=O)O)c2ccccc2CCN1S(=O)(=O)c1ccc(Oc2ccc(F)cc2)cc1. The van der Waals surface area contributed by atoms with Gasteiger partial charge in [0.25, 0.3) is 0 Å². The van der Waals surface area contributed by atoms with Gasteiger partial charge >= 0.3 is 12.1 Å². The van der Waals surface area contributed by atoms with E-state index < -0.39 is 27.9 Å². The summed E-state index contributed by atoms with van der Waals surface area (Å²) in [4.78, 5) is 13.9. The zero-order chi connectivity index (χ0) is 28.0. The van der Waals surface area contributed by atoms with Gasteiger partial charge in [-0.2, -0.15) is 0 Å². The first-order valence-electron chi connectivity index (χ1n) is 12.6. The number of nitrogens with zero attached hydrogens (tertiary/aromatic N) is 2. The quantitative estimate of drug-likeness (QED) is 0.258. The van der Waals surface area contributed by atoms with E-state index in [2.05, 4.69) is 4.90 Å². The van der Waals surface area contributed by atoms with Crippen molar-refractivity contribution in [2.45, 2.75) is 31.1 Å². The van der Waals surface area contributed by atoms with E-state index in [4.69, 9.17) is 14.2 Å². The summed E-state index contributed by atoms with van der Waals surface area (Å²) < 4.78 is 59.3. The van der Waals surface area contributed by atoms with Crippen molar-refractivity contribution < 1.29 is 36.9 Å². The number of likely N-dealkylation sites (N-methyl/N-ethyl adjacent to an activating group) is 1. The molecule has 3 aromatic carbocycles. The highest BCUT2D eigenvalue weighted by atomic mass is 32.2. The molecule has 9 nitrogen and oxygen atoms in total. The van der Waals surface area contributed by atoms with Crippen molar-refractivity contribution in [2.24, 2.45) is 0 Å². The molecule has 1 heterocycles. The van der Waals surface area contributed by atoms with Crippen LogP contribution in [0.4, 0.5) is 9.18 Å². The van der Waals surface area contributed by atoms with Crippen LogP contribution < -0.4 is 4.74 Å². The number of benzene rings is 3. The van der Waals surface area contributed by atoms with Gasteiger partial charge in [0.1, 0.15) is 17.3 Å². The lowest BCUT2D eigenvalue weighted by atomic mass is 9.97. The van der Waals surface area contributed by atoms with Crippen LogP contribution in [0.25, 0.3) is 0 Å². The molecule has 208 valence electrons. The minimum absolute atomic E-state index is 0.0275. The van der Waals surface area contributed by atoms with E-state index in [0.29, 0.717) is 30.0 Å². The number of fused-ring (bicyclic) bond motifs is 1. The van der Waals surface area contributed by atoms with Crippen LogP contribution in [-0.4, -0.2) is 61.7 Å². The van der Waals surface area contributed by atoms with Gasteiger partial charge < -0.3 is 24.2 Å². The summed E-state index contributed by atoms with van der Waals surface area (Å²) in [7, 11) is -4.31. The van der Waals surface area contributed by atoms with Crippen LogP contribution in [0.15, 0.2) is 77.7 Å². The standard InChI is InChI=1S/C28H31FN2O7S/c1-3-30(4-2)19-20-36-28(38-27(32)33)26-8-6-5-7-21(26)17-18-31(28)39(34,35)25-15-13-24(14-16-25)37-23-11-9-22(29)10-12-23/h5-16H,3-4,17-20H2,1-2H3,(H,32,33). The van der Waals surface area contributed by atoms with E-state index in [1.54, 1.807) is 24.3 Å². The summed E-state index contributed by atoms with van der Waals surface area (Å²) in [6, 6.07) is 18.0. The molecule has 0 radical (unpaired) electrons. The molecule has 1 unspecified atom stereocenters. The lowest BCUT2D eigenvalue weighted by Crippen LogP contribution is -2.57. The molecule has 0 fully saturated rings. The van der Waals surface area contributed by atoms with Crippen LogP contribution in [0.3, 0.4) is 0 Å². The Morgan fingerprint density at radius 2 is 1.62 bits per heavy atom. The van der Waals surface area contributed by atoms with Gasteiger partial charge in [-0.25, -0.2) is 17.6 Å². The number of sulfonamides is 1. The summed E-state index contributed by atoms with van der Waals surface area (Å²) >= 11 is 0. The molecular weight excluding hydrogens is 527 g/mol. The van der Waals surface area contributed by atoms with Crippen LogP contribution >= 0.6 is 0 Å². The van der Waals surface area contributed by atoms with Gasteiger partial charge in [-0.15, -0.1) is 4.31 Å². The molecule has 0 amide bonds. The molecule has 0 spiro atoms. The third-order valence-electron chi connectivity index (χ3n) is 6.56. The summed E-state index contributed by atoms with van der Waals surface area (Å²) in [5, 5.41) is 9.73. The maximum atomic E-state index is 14.0. The van der Waals surface area contributed by atoms with Gasteiger partial charge in [0, 0.05) is 18.7 Å². The Kier molecular flexibility index (Phi) is 8.86. The molecule has 0 saturated carbocycles. The molecule has 4 rings (SSSR count). The van der Waals surface area contributed by atoms with Crippen LogP contribution in [0.1, 0.15) is 25.0 Å². The largest absolute Gasteiger partial charge is 0.509 e. The predicted molar refractivity (Wildman–Crippen MR) is 141 cm³/mol. The summed E-state index contributed by atoms with van der Waals surface area (Å²) in [5.41, 5.74) is 1.05. The van der Waals surface area contributed by atoms with Crippen molar-refractivity contribution in [3.63, 3.8) is 0 Å². The predicted octanol–water partition coefficient (Wildman–Crippen LogP) is 5.03. The third kappa shape index (κ3) is 6.22. The molecule has 1 atom stereocenters. The Hall–Kier alpha value is -3.51. The summed E-state index contributed by atoms with van der Waals surface area (Å²) in [6.07, 6.45) is -1.33. The van der Waals surface area contributed by atoms with Gasteiger partial charge in [-0.05, 0) is 73.6 Å². The average molecular weight is 559 g/mol. The second-order valence-corrected chi connectivity index (χ2v) is 10.7. The van der Waals surface area contributed by atoms with Crippen LogP contribution in [-0.2, 0) is 31.8 Å². The Morgan fingerprint density at radius 3 is 2.23 bits per heavy atom. The second-order valence-electron chi connectivity index (χ2n) is 8.84. The van der Waals surface area contributed by atoms with Gasteiger partial charge in [0.05, 0.1) is 11.5 Å². The number of carboxylic acid groups (broad SMARTS) is 1. The Morgan fingerprint density at radius 1 is 1.00 bits per heavy atom. The van der Waals surface area contributed by atoms with Crippen LogP contribution in [0.2, 0.25) is 0 Å².